The number of rotatable bonds is 2. The van der Waals surface area contributed by atoms with E-state index in [9.17, 15) is 10.1 Å². The largest absolute Gasteiger partial charge is 0.461 e. The molecule has 0 bridgehead atoms. The van der Waals surface area contributed by atoms with Crippen LogP contribution in [0.15, 0.2) is 17.7 Å². The lowest BCUT2D eigenvalue weighted by molar-refractivity contribution is -0.386. The Hall–Kier alpha value is -1.63. The normalized spacial score (nSPS) is 26.7. The molecule has 0 radical (unpaired) electrons. The maximum Gasteiger partial charge on any atom is 0.313 e. The van der Waals surface area contributed by atoms with Crippen LogP contribution in [0.3, 0.4) is 0 Å². The maximum absolute atomic E-state index is 11.5. The first-order chi connectivity index (χ1) is 12.1. The number of morpholine rings is 1. The van der Waals surface area contributed by atoms with Crippen molar-refractivity contribution in [3.8, 4) is 5.75 Å². The Kier molecular flexibility index (Phi) is 4.43. The highest BCUT2D eigenvalue weighted by atomic mass is 35.5. The number of benzene rings is 1. The van der Waals surface area contributed by atoms with E-state index in [4.69, 9.17) is 21.1 Å². The van der Waals surface area contributed by atoms with Crippen molar-refractivity contribution in [1.29, 1.82) is 0 Å². The molecule has 1 atom stereocenters. The summed E-state index contributed by atoms with van der Waals surface area (Å²) in [6.45, 7) is 2.87. The van der Waals surface area contributed by atoms with Gasteiger partial charge in [-0.15, -0.1) is 0 Å². The van der Waals surface area contributed by atoms with Crippen LogP contribution in [0.4, 0.5) is 5.69 Å². The zero-order valence-electron chi connectivity index (χ0n) is 14.0. The molecule has 134 valence electrons. The maximum atomic E-state index is 11.5. The molecule has 4 rings (SSSR count). The van der Waals surface area contributed by atoms with Gasteiger partial charge in [0.1, 0.15) is 0 Å². The van der Waals surface area contributed by atoms with Gasteiger partial charge in [0, 0.05) is 36.2 Å². The Balaban J connectivity index is 1.85. The molecule has 1 aliphatic carbocycles. The molecule has 0 N–H and O–H groups in total. The second kappa shape index (κ2) is 6.59. The van der Waals surface area contributed by atoms with Crippen LogP contribution in [0.2, 0.25) is 5.02 Å². The number of hydrogen-bond donors (Lipinski definition) is 0. The van der Waals surface area contributed by atoms with Gasteiger partial charge >= 0.3 is 5.69 Å². The Morgan fingerprint density at radius 2 is 2.00 bits per heavy atom. The first kappa shape index (κ1) is 16.8. The predicted molar refractivity (Wildman–Crippen MR) is 94.9 cm³/mol. The van der Waals surface area contributed by atoms with E-state index in [-0.39, 0.29) is 5.69 Å². The van der Waals surface area contributed by atoms with Crippen LogP contribution in [0.1, 0.15) is 37.7 Å². The average Bonchev–Trinajstić information content (AvgIpc) is 2.82. The van der Waals surface area contributed by atoms with Gasteiger partial charge in [-0.05, 0) is 37.0 Å². The number of nitro benzene ring substituents is 1. The van der Waals surface area contributed by atoms with Gasteiger partial charge in [0.2, 0.25) is 5.75 Å². The molecule has 1 unspecified atom stereocenters. The average molecular weight is 365 g/mol. The van der Waals surface area contributed by atoms with Crippen molar-refractivity contribution in [2.75, 3.05) is 26.3 Å². The van der Waals surface area contributed by atoms with Crippen molar-refractivity contribution in [2.45, 2.75) is 37.8 Å². The van der Waals surface area contributed by atoms with Crippen LogP contribution in [0, 0.1) is 10.1 Å². The van der Waals surface area contributed by atoms with Gasteiger partial charge in [0.15, 0.2) is 5.72 Å². The number of hydrogen-bond acceptors (Lipinski definition) is 5. The van der Waals surface area contributed by atoms with Gasteiger partial charge in [-0.3, -0.25) is 15.0 Å². The third-order valence-corrected chi connectivity index (χ3v) is 5.56. The molecule has 0 amide bonds. The fraction of sp³-hybridized carbons (Fsp3) is 0.556. The summed E-state index contributed by atoms with van der Waals surface area (Å²) in [5.74, 6) is 0.339. The Bertz CT molecular complexity index is 730. The van der Waals surface area contributed by atoms with Crippen molar-refractivity contribution in [3.05, 3.63) is 38.4 Å². The Labute approximate surface area is 151 Å². The summed E-state index contributed by atoms with van der Waals surface area (Å²) >= 11 is 6.10. The first-order valence-corrected chi connectivity index (χ1v) is 9.19. The van der Waals surface area contributed by atoms with Crippen molar-refractivity contribution < 1.29 is 14.4 Å². The summed E-state index contributed by atoms with van der Waals surface area (Å²) < 4.78 is 12.0. The molecule has 3 aliphatic rings. The Morgan fingerprint density at radius 3 is 2.76 bits per heavy atom. The summed E-state index contributed by atoms with van der Waals surface area (Å²) in [4.78, 5) is 13.4. The first-order valence-electron chi connectivity index (χ1n) is 8.81. The highest BCUT2D eigenvalue weighted by molar-refractivity contribution is 6.31. The standard InChI is InChI=1S/C18H21ClN2O4/c19-15-11-13-10-14-4-2-1-3-5-18(14,20-6-8-24-9-7-20)25-17(13)16(12-15)21(22)23/h10-12H,1-9H2. The van der Waals surface area contributed by atoms with Gasteiger partial charge in [-0.25, -0.2) is 0 Å². The number of fused-ring (bicyclic) bond motifs is 2. The number of nitro groups is 1. The number of halogens is 1. The second-order valence-corrected chi connectivity index (χ2v) is 7.25. The molecule has 1 saturated heterocycles. The van der Waals surface area contributed by atoms with Crippen LogP contribution in [0.25, 0.3) is 6.08 Å². The third kappa shape index (κ3) is 2.92. The quantitative estimate of drug-likeness (QED) is 0.585. The predicted octanol–water partition coefficient (Wildman–Crippen LogP) is 4.02. The molecule has 25 heavy (non-hydrogen) atoms. The number of ether oxygens (including phenoxy) is 2. The summed E-state index contributed by atoms with van der Waals surface area (Å²) in [5, 5.41) is 11.9. The summed E-state index contributed by atoms with van der Waals surface area (Å²) in [6.07, 6.45) is 7.16. The zero-order chi connectivity index (χ0) is 17.4. The smallest absolute Gasteiger partial charge is 0.313 e. The van der Waals surface area contributed by atoms with Crippen LogP contribution in [0.5, 0.6) is 5.75 Å². The number of nitrogens with zero attached hydrogens (tertiary/aromatic N) is 2. The summed E-state index contributed by atoms with van der Waals surface area (Å²) in [6, 6.07) is 3.13. The monoisotopic (exact) mass is 364 g/mol. The fourth-order valence-corrected chi connectivity index (χ4v) is 4.40. The molecular formula is C18H21ClN2O4. The molecule has 2 fully saturated rings. The van der Waals surface area contributed by atoms with E-state index in [1.807, 2.05) is 0 Å². The lowest BCUT2D eigenvalue weighted by atomic mass is 9.90. The van der Waals surface area contributed by atoms with Gasteiger partial charge in [0.05, 0.1) is 18.1 Å². The van der Waals surface area contributed by atoms with Gasteiger partial charge in [-0.2, -0.15) is 0 Å². The SMILES string of the molecule is O=[N+]([O-])c1cc(Cl)cc2c1OC1(N3CCOCC3)CCCCCC1=C2. The van der Waals surface area contributed by atoms with Gasteiger partial charge < -0.3 is 9.47 Å². The molecule has 1 saturated carbocycles. The van der Waals surface area contributed by atoms with E-state index < -0.39 is 10.6 Å². The van der Waals surface area contributed by atoms with E-state index in [1.54, 1.807) is 6.07 Å². The van der Waals surface area contributed by atoms with Gasteiger partial charge in [-0.1, -0.05) is 18.0 Å². The van der Waals surface area contributed by atoms with Crippen molar-refractivity contribution in [3.63, 3.8) is 0 Å². The molecular weight excluding hydrogens is 344 g/mol. The van der Waals surface area contributed by atoms with Crippen LogP contribution >= 0.6 is 11.6 Å². The summed E-state index contributed by atoms with van der Waals surface area (Å²) in [5.41, 5.74) is 1.26. The third-order valence-electron chi connectivity index (χ3n) is 5.35. The van der Waals surface area contributed by atoms with E-state index in [0.717, 1.165) is 45.2 Å². The molecule has 0 aromatic heterocycles. The minimum atomic E-state index is -0.591. The van der Waals surface area contributed by atoms with Crippen LogP contribution in [-0.4, -0.2) is 41.9 Å². The molecule has 2 heterocycles. The lowest BCUT2D eigenvalue weighted by Gasteiger charge is -2.48. The lowest BCUT2D eigenvalue weighted by Crippen LogP contribution is -2.58. The highest BCUT2D eigenvalue weighted by Crippen LogP contribution is 2.48. The van der Waals surface area contributed by atoms with E-state index in [1.165, 1.54) is 11.6 Å². The van der Waals surface area contributed by atoms with E-state index in [2.05, 4.69) is 11.0 Å². The molecule has 7 heteroatoms. The minimum Gasteiger partial charge on any atom is -0.461 e. The minimum absolute atomic E-state index is 0.0605. The van der Waals surface area contributed by atoms with Gasteiger partial charge in [0.25, 0.3) is 0 Å². The molecule has 2 aliphatic heterocycles. The van der Waals surface area contributed by atoms with Crippen LogP contribution in [-0.2, 0) is 4.74 Å². The summed E-state index contributed by atoms with van der Waals surface area (Å²) in [7, 11) is 0. The molecule has 0 spiro atoms. The Morgan fingerprint density at radius 1 is 1.20 bits per heavy atom. The molecule has 6 nitrogen and oxygen atoms in total. The second-order valence-electron chi connectivity index (χ2n) is 6.82. The molecule has 1 aromatic rings. The molecule has 1 aromatic carbocycles. The van der Waals surface area contributed by atoms with Crippen molar-refractivity contribution in [1.82, 2.24) is 4.90 Å². The van der Waals surface area contributed by atoms with Crippen LogP contribution < -0.4 is 4.74 Å². The van der Waals surface area contributed by atoms with Crippen molar-refractivity contribution >= 4 is 23.4 Å². The highest BCUT2D eigenvalue weighted by Gasteiger charge is 2.47. The van der Waals surface area contributed by atoms with E-state index >= 15 is 0 Å². The zero-order valence-corrected chi connectivity index (χ0v) is 14.8. The fourth-order valence-electron chi connectivity index (χ4n) is 4.17. The topological polar surface area (TPSA) is 64.8 Å². The van der Waals surface area contributed by atoms with Crippen molar-refractivity contribution in [2.24, 2.45) is 0 Å². The van der Waals surface area contributed by atoms with E-state index in [0.29, 0.717) is 29.5 Å².